The second-order valence-corrected chi connectivity index (χ2v) is 3.34. The normalized spacial score (nSPS) is 10.8. The Hall–Kier alpha value is -2.18. The topological polar surface area (TPSA) is 101 Å². The highest BCUT2D eigenvalue weighted by atomic mass is 16.4. The maximum Gasteiger partial charge on any atom is 0.303 e. The Morgan fingerprint density at radius 2 is 2.31 bits per heavy atom. The summed E-state index contributed by atoms with van der Waals surface area (Å²) in [6, 6.07) is 0. The number of carbonyl (C=O) groups is 1. The SMILES string of the molecule is O=C(O)CCCn1cnc2c(=O)[nH]cnc21. The fourth-order valence-corrected chi connectivity index (χ4v) is 1.46. The van der Waals surface area contributed by atoms with Crippen LogP contribution in [0.2, 0.25) is 0 Å². The smallest absolute Gasteiger partial charge is 0.303 e. The second-order valence-electron chi connectivity index (χ2n) is 3.34. The first-order chi connectivity index (χ1) is 7.68. The zero-order valence-electron chi connectivity index (χ0n) is 8.38. The van der Waals surface area contributed by atoms with Crippen LogP contribution in [-0.2, 0) is 11.3 Å². The summed E-state index contributed by atoms with van der Waals surface area (Å²) in [5, 5.41) is 8.50. The number of aromatic amines is 1. The largest absolute Gasteiger partial charge is 0.481 e. The van der Waals surface area contributed by atoms with Crippen molar-refractivity contribution in [3.8, 4) is 0 Å². The summed E-state index contributed by atoms with van der Waals surface area (Å²) in [6.45, 7) is 0.485. The van der Waals surface area contributed by atoms with Gasteiger partial charge in [0.15, 0.2) is 11.2 Å². The van der Waals surface area contributed by atoms with Gasteiger partial charge in [0.05, 0.1) is 12.7 Å². The van der Waals surface area contributed by atoms with E-state index in [4.69, 9.17) is 5.11 Å². The van der Waals surface area contributed by atoms with E-state index in [-0.39, 0.29) is 17.5 Å². The van der Waals surface area contributed by atoms with Crippen LogP contribution in [0.4, 0.5) is 0 Å². The Morgan fingerprint density at radius 3 is 3.06 bits per heavy atom. The molecular weight excluding hydrogens is 212 g/mol. The Bertz CT molecular complexity index is 571. The molecule has 0 aliphatic carbocycles. The van der Waals surface area contributed by atoms with Crippen molar-refractivity contribution in [2.24, 2.45) is 0 Å². The molecule has 7 nitrogen and oxygen atoms in total. The minimum atomic E-state index is -0.838. The number of aliphatic carboxylic acids is 1. The number of rotatable bonds is 4. The number of hydrogen-bond acceptors (Lipinski definition) is 4. The quantitative estimate of drug-likeness (QED) is 0.757. The van der Waals surface area contributed by atoms with Gasteiger partial charge in [0.25, 0.3) is 5.56 Å². The molecule has 0 radical (unpaired) electrons. The van der Waals surface area contributed by atoms with Crippen LogP contribution in [0.15, 0.2) is 17.4 Å². The van der Waals surface area contributed by atoms with Gasteiger partial charge in [0, 0.05) is 13.0 Å². The average Bonchev–Trinajstić information content (AvgIpc) is 2.63. The molecule has 0 bridgehead atoms. The van der Waals surface area contributed by atoms with E-state index < -0.39 is 5.97 Å². The van der Waals surface area contributed by atoms with Gasteiger partial charge < -0.3 is 14.7 Å². The zero-order valence-corrected chi connectivity index (χ0v) is 8.38. The van der Waals surface area contributed by atoms with Crippen LogP contribution in [0.3, 0.4) is 0 Å². The molecule has 2 heterocycles. The van der Waals surface area contributed by atoms with Gasteiger partial charge in [-0.25, -0.2) is 9.97 Å². The van der Waals surface area contributed by atoms with Crippen LogP contribution >= 0.6 is 0 Å². The molecule has 0 aromatic carbocycles. The van der Waals surface area contributed by atoms with Crippen molar-refractivity contribution in [2.45, 2.75) is 19.4 Å². The number of carboxylic acids is 1. The van der Waals surface area contributed by atoms with Crippen molar-refractivity contribution in [2.75, 3.05) is 0 Å². The summed E-state index contributed by atoms with van der Waals surface area (Å²) >= 11 is 0. The molecule has 16 heavy (non-hydrogen) atoms. The number of aryl methyl sites for hydroxylation is 1. The first kappa shape index (κ1) is 10.3. The van der Waals surface area contributed by atoms with Crippen LogP contribution in [0.1, 0.15) is 12.8 Å². The molecule has 0 spiro atoms. The summed E-state index contributed by atoms with van der Waals surface area (Å²) in [5.74, 6) is -0.838. The van der Waals surface area contributed by atoms with Crippen molar-refractivity contribution < 1.29 is 9.90 Å². The molecule has 84 valence electrons. The summed E-state index contributed by atoms with van der Waals surface area (Å²) < 4.78 is 1.67. The van der Waals surface area contributed by atoms with E-state index in [1.54, 1.807) is 4.57 Å². The third-order valence-corrected chi connectivity index (χ3v) is 2.20. The minimum absolute atomic E-state index is 0.0862. The average molecular weight is 222 g/mol. The maximum atomic E-state index is 11.3. The Morgan fingerprint density at radius 1 is 1.50 bits per heavy atom. The van der Waals surface area contributed by atoms with Gasteiger partial charge in [-0.2, -0.15) is 0 Å². The maximum absolute atomic E-state index is 11.3. The number of carboxylic acid groups (broad SMARTS) is 1. The number of imidazole rings is 1. The first-order valence-electron chi connectivity index (χ1n) is 4.79. The van der Waals surface area contributed by atoms with E-state index in [1.807, 2.05) is 0 Å². The number of nitrogens with zero attached hydrogens (tertiary/aromatic N) is 3. The van der Waals surface area contributed by atoms with Crippen LogP contribution in [-0.4, -0.2) is 30.6 Å². The van der Waals surface area contributed by atoms with E-state index in [0.717, 1.165) is 0 Å². The fraction of sp³-hybridized carbons (Fsp3) is 0.333. The van der Waals surface area contributed by atoms with Gasteiger partial charge in [-0.15, -0.1) is 0 Å². The lowest BCUT2D eigenvalue weighted by Gasteiger charge is -2.00. The lowest BCUT2D eigenvalue weighted by molar-refractivity contribution is -0.137. The molecule has 0 saturated carbocycles. The van der Waals surface area contributed by atoms with Crippen LogP contribution in [0, 0.1) is 0 Å². The van der Waals surface area contributed by atoms with Gasteiger partial charge in [0.2, 0.25) is 0 Å². The standard InChI is InChI=1S/C9H10N4O3/c14-6(15)2-1-3-13-5-12-7-8(13)10-4-11-9(7)16/h4-5H,1-3H2,(H,14,15)(H,10,11,16). The molecule has 2 rings (SSSR count). The van der Waals surface area contributed by atoms with Gasteiger partial charge in [-0.1, -0.05) is 0 Å². The molecule has 0 amide bonds. The van der Waals surface area contributed by atoms with Crippen molar-refractivity contribution in [1.82, 2.24) is 19.5 Å². The highest BCUT2D eigenvalue weighted by molar-refractivity contribution is 5.69. The lowest BCUT2D eigenvalue weighted by Crippen LogP contribution is -2.08. The number of aromatic nitrogens is 4. The van der Waals surface area contributed by atoms with Crippen molar-refractivity contribution in [3.63, 3.8) is 0 Å². The Kier molecular flexibility index (Phi) is 2.67. The number of hydrogen-bond donors (Lipinski definition) is 2. The van der Waals surface area contributed by atoms with Crippen molar-refractivity contribution in [1.29, 1.82) is 0 Å². The third kappa shape index (κ3) is 1.92. The molecule has 0 aliphatic rings. The van der Waals surface area contributed by atoms with E-state index in [0.29, 0.717) is 18.6 Å². The predicted molar refractivity (Wildman–Crippen MR) is 55.0 cm³/mol. The molecule has 2 aromatic heterocycles. The highest BCUT2D eigenvalue weighted by Crippen LogP contribution is 2.05. The molecule has 0 unspecified atom stereocenters. The first-order valence-corrected chi connectivity index (χ1v) is 4.79. The van der Waals surface area contributed by atoms with Crippen LogP contribution in [0.5, 0.6) is 0 Å². The summed E-state index contributed by atoms with van der Waals surface area (Å²) in [6.07, 6.45) is 3.37. The van der Waals surface area contributed by atoms with Crippen molar-refractivity contribution >= 4 is 17.1 Å². The van der Waals surface area contributed by atoms with E-state index in [2.05, 4.69) is 15.0 Å². The summed E-state index contributed by atoms with van der Waals surface area (Å²) in [7, 11) is 0. The molecule has 2 N–H and O–H groups in total. The lowest BCUT2D eigenvalue weighted by atomic mass is 10.3. The van der Waals surface area contributed by atoms with Crippen LogP contribution in [0.25, 0.3) is 11.2 Å². The number of H-pyrrole nitrogens is 1. The molecule has 7 heteroatoms. The van der Waals surface area contributed by atoms with Gasteiger partial charge in [-0.05, 0) is 6.42 Å². The molecule has 0 atom stereocenters. The molecule has 0 fully saturated rings. The molecule has 0 aliphatic heterocycles. The van der Waals surface area contributed by atoms with Crippen molar-refractivity contribution in [3.05, 3.63) is 23.0 Å². The van der Waals surface area contributed by atoms with E-state index >= 15 is 0 Å². The molecule has 2 aromatic rings. The summed E-state index contributed by atoms with van der Waals surface area (Å²) in [5.41, 5.74) is 0.467. The monoisotopic (exact) mass is 222 g/mol. The zero-order chi connectivity index (χ0) is 11.5. The fourth-order valence-electron chi connectivity index (χ4n) is 1.46. The molecular formula is C9H10N4O3. The van der Waals surface area contributed by atoms with Gasteiger partial charge in [0.1, 0.15) is 0 Å². The Balaban J connectivity index is 2.22. The van der Waals surface area contributed by atoms with Gasteiger partial charge in [-0.3, -0.25) is 9.59 Å². The van der Waals surface area contributed by atoms with E-state index in [9.17, 15) is 9.59 Å². The minimum Gasteiger partial charge on any atom is -0.481 e. The molecule has 0 saturated heterocycles. The van der Waals surface area contributed by atoms with Gasteiger partial charge >= 0.3 is 5.97 Å². The number of nitrogens with one attached hydrogen (secondary N) is 1. The third-order valence-electron chi connectivity index (χ3n) is 2.20. The summed E-state index contributed by atoms with van der Waals surface area (Å²) in [4.78, 5) is 32.0. The number of fused-ring (bicyclic) bond motifs is 1. The highest BCUT2D eigenvalue weighted by Gasteiger charge is 2.07. The second kappa shape index (κ2) is 4.13. The van der Waals surface area contributed by atoms with Crippen LogP contribution < -0.4 is 5.56 Å². The Labute approximate surface area is 89.8 Å². The predicted octanol–water partition coefficient (Wildman–Crippen LogP) is -0.0156. The van der Waals surface area contributed by atoms with E-state index in [1.165, 1.54) is 12.7 Å².